The first-order valence-electron chi connectivity index (χ1n) is 6.99. The number of aromatic nitrogens is 2. The molecule has 0 unspecified atom stereocenters. The third-order valence-corrected chi connectivity index (χ3v) is 4.91. The summed E-state index contributed by atoms with van der Waals surface area (Å²) in [6, 6.07) is 11.4. The maximum atomic E-state index is 13.0. The van der Waals surface area contributed by atoms with Crippen LogP contribution < -0.4 is 4.72 Å². The van der Waals surface area contributed by atoms with Crippen LogP contribution in [-0.2, 0) is 10.0 Å². The van der Waals surface area contributed by atoms with E-state index in [1.165, 1.54) is 59.4 Å². The van der Waals surface area contributed by atoms with Crippen molar-refractivity contribution >= 4 is 15.7 Å². The molecular formula is C16H14FN3O3S. The summed E-state index contributed by atoms with van der Waals surface area (Å²) in [4.78, 5) is -0.00447. The number of halogens is 1. The zero-order chi connectivity index (χ0) is 17.3. The van der Waals surface area contributed by atoms with Gasteiger partial charge in [-0.1, -0.05) is 6.07 Å². The number of sulfonamides is 1. The van der Waals surface area contributed by atoms with Gasteiger partial charge in [0.25, 0.3) is 10.0 Å². The maximum Gasteiger partial charge on any atom is 0.265 e. The average molecular weight is 347 g/mol. The quantitative estimate of drug-likeness (QED) is 0.760. The molecule has 3 aromatic rings. The van der Waals surface area contributed by atoms with E-state index in [-0.39, 0.29) is 22.1 Å². The van der Waals surface area contributed by atoms with Crippen LogP contribution in [0.5, 0.6) is 5.75 Å². The molecule has 1 aromatic heterocycles. The van der Waals surface area contributed by atoms with Crippen LogP contribution in [0.2, 0.25) is 0 Å². The summed E-state index contributed by atoms with van der Waals surface area (Å²) < 4.78 is 41.9. The number of nitrogens with zero attached hydrogens (tertiary/aromatic N) is 2. The third kappa shape index (κ3) is 3.09. The van der Waals surface area contributed by atoms with Crippen LogP contribution >= 0.6 is 0 Å². The molecule has 24 heavy (non-hydrogen) atoms. The van der Waals surface area contributed by atoms with E-state index in [4.69, 9.17) is 0 Å². The first-order chi connectivity index (χ1) is 11.4. The van der Waals surface area contributed by atoms with Crippen molar-refractivity contribution in [3.63, 3.8) is 0 Å². The van der Waals surface area contributed by atoms with Gasteiger partial charge in [0, 0.05) is 6.07 Å². The number of phenols is 1. The molecule has 0 spiro atoms. The molecule has 2 aromatic carbocycles. The molecular weight excluding hydrogens is 333 g/mol. The number of anilines is 1. The van der Waals surface area contributed by atoms with E-state index in [0.717, 1.165) is 0 Å². The van der Waals surface area contributed by atoms with Crippen LogP contribution in [-0.4, -0.2) is 23.3 Å². The lowest BCUT2D eigenvalue weighted by Crippen LogP contribution is -2.14. The molecule has 0 atom stereocenters. The van der Waals surface area contributed by atoms with Gasteiger partial charge in [-0.2, -0.15) is 5.10 Å². The molecule has 0 bridgehead atoms. The van der Waals surface area contributed by atoms with Crippen molar-refractivity contribution in [2.75, 3.05) is 4.72 Å². The molecule has 0 amide bonds. The summed E-state index contributed by atoms with van der Waals surface area (Å²) in [7, 11) is -3.87. The third-order valence-electron chi connectivity index (χ3n) is 3.42. The fraction of sp³-hybridized carbons (Fsp3) is 0.0625. The Morgan fingerprint density at radius 2 is 1.88 bits per heavy atom. The number of hydrogen-bond acceptors (Lipinski definition) is 4. The predicted octanol–water partition coefficient (Wildman–Crippen LogP) is 2.83. The molecule has 124 valence electrons. The zero-order valence-electron chi connectivity index (χ0n) is 12.6. The van der Waals surface area contributed by atoms with Crippen molar-refractivity contribution < 1.29 is 17.9 Å². The lowest BCUT2D eigenvalue weighted by molar-refractivity contribution is 0.475. The van der Waals surface area contributed by atoms with Crippen molar-refractivity contribution in [1.29, 1.82) is 0 Å². The van der Waals surface area contributed by atoms with Crippen LogP contribution in [0.25, 0.3) is 5.69 Å². The van der Waals surface area contributed by atoms with Gasteiger partial charge in [-0.3, -0.25) is 4.72 Å². The molecule has 0 aliphatic heterocycles. The molecule has 0 saturated heterocycles. The van der Waals surface area contributed by atoms with Crippen molar-refractivity contribution in [1.82, 2.24) is 9.78 Å². The van der Waals surface area contributed by atoms with E-state index in [1.54, 1.807) is 6.92 Å². The van der Waals surface area contributed by atoms with Gasteiger partial charge in [-0.15, -0.1) is 0 Å². The summed E-state index contributed by atoms with van der Waals surface area (Å²) in [5, 5.41) is 13.5. The highest BCUT2D eigenvalue weighted by molar-refractivity contribution is 7.92. The summed E-state index contributed by atoms with van der Waals surface area (Å²) in [6.45, 7) is 1.60. The normalized spacial score (nSPS) is 11.4. The number of phenolic OH excluding ortho intramolecular Hbond substituents is 1. The van der Waals surface area contributed by atoms with Crippen LogP contribution in [0.1, 0.15) is 5.69 Å². The van der Waals surface area contributed by atoms with E-state index < -0.39 is 10.0 Å². The Kier molecular flexibility index (Phi) is 3.98. The minimum Gasteiger partial charge on any atom is -0.508 e. The van der Waals surface area contributed by atoms with E-state index in [0.29, 0.717) is 11.4 Å². The smallest absolute Gasteiger partial charge is 0.265 e. The number of rotatable bonds is 4. The predicted molar refractivity (Wildman–Crippen MR) is 87.2 cm³/mol. The molecule has 2 N–H and O–H groups in total. The lowest BCUT2D eigenvalue weighted by Gasteiger charge is -2.09. The van der Waals surface area contributed by atoms with E-state index >= 15 is 0 Å². The monoisotopic (exact) mass is 347 g/mol. The summed E-state index contributed by atoms with van der Waals surface area (Å²) >= 11 is 0. The number of hydrogen-bond donors (Lipinski definition) is 2. The van der Waals surface area contributed by atoms with Crippen molar-refractivity contribution in [3.05, 3.63) is 66.2 Å². The summed E-state index contributed by atoms with van der Waals surface area (Å²) in [5.74, 6) is -0.434. The number of nitrogens with one attached hydrogen (secondary N) is 1. The fourth-order valence-electron chi connectivity index (χ4n) is 2.28. The Bertz CT molecular complexity index is 982. The molecule has 0 aliphatic carbocycles. The Labute approximate surface area is 138 Å². The summed E-state index contributed by atoms with van der Waals surface area (Å²) in [6.07, 6.45) is 1.23. The Hall–Kier alpha value is -2.87. The van der Waals surface area contributed by atoms with Crippen molar-refractivity contribution in [2.45, 2.75) is 11.8 Å². The molecule has 0 fully saturated rings. The van der Waals surface area contributed by atoms with Crippen molar-refractivity contribution in [3.8, 4) is 11.4 Å². The van der Waals surface area contributed by atoms with Gasteiger partial charge in [-0.05, 0) is 43.3 Å². The molecule has 0 saturated carbocycles. The second kappa shape index (κ2) is 5.97. The van der Waals surface area contributed by atoms with Crippen LogP contribution in [0.3, 0.4) is 0 Å². The first-order valence-corrected chi connectivity index (χ1v) is 8.47. The lowest BCUT2D eigenvalue weighted by atomic mass is 10.3. The first kappa shape index (κ1) is 16.0. The SMILES string of the molecule is Cc1c(S(=O)(=O)Nc2cccc(O)c2)cnn1-c1ccc(F)cc1. The van der Waals surface area contributed by atoms with Crippen LogP contribution in [0, 0.1) is 12.7 Å². The standard InChI is InChI=1S/C16H14FN3O3S/c1-11-16(10-18-20(11)14-7-5-12(17)6-8-14)24(22,23)19-13-3-2-4-15(21)9-13/h2-10,19,21H,1H3. The highest BCUT2D eigenvalue weighted by Crippen LogP contribution is 2.23. The van der Waals surface area contributed by atoms with Gasteiger partial charge in [-0.25, -0.2) is 17.5 Å². The van der Waals surface area contributed by atoms with Crippen molar-refractivity contribution in [2.24, 2.45) is 0 Å². The van der Waals surface area contributed by atoms with E-state index in [1.807, 2.05) is 0 Å². The highest BCUT2D eigenvalue weighted by atomic mass is 32.2. The van der Waals surface area contributed by atoms with Crippen LogP contribution in [0.4, 0.5) is 10.1 Å². The van der Waals surface area contributed by atoms with Gasteiger partial charge in [0.2, 0.25) is 0 Å². The molecule has 1 heterocycles. The van der Waals surface area contributed by atoms with Gasteiger partial charge in [0.1, 0.15) is 16.5 Å². The largest absolute Gasteiger partial charge is 0.508 e. The second-order valence-electron chi connectivity index (χ2n) is 5.14. The minimum atomic E-state index is -3.87. The number of benzene rings is 2. The Morgan fingerprint density at radius 3 is 2.54 bits per heavy atom. The van der Waals surface area contributed by atoms with E-state index in [2.05, 4.69) is 9.82 Å². The second-order valence-corrected chi connectivity index (χ2v) is 6.79. The number of aromatic hydroxyl groups is 1. The summed E-state index contributed by atoms with van der Waals surface area (Å²) in [5.41, 5.74) is 1.17. The molecule has 3 rings (SSSR count). The molecule has 0 aliphatic rings. The van der Waals surface area contributed by atoms with Gasteiger partial charge in [0.15, 0.2) is 0 Å². The fourth-order valence-corrected chi connectivity index (χ4v) is 3.49. The topological polar surface area (TPSA) is 84.2 Å². The molecule has 0 radical (unpaired) electrons. The highest BCUT2D eigenvalue weighted by Gasteiger charge is 2.21. The average Bonchev–Trinajstić information content (AvgIpc) is 2.90. The van der Waals surface area contributed by atoms with Crippen LogP contribution in [0.15, 0.2) is 59.6 Å². The zero-order valence-corrected chi connectivity index (χ0v) is 13.5. The molecule has 6 nitrogen and oxygen atoms in total. The Morgan fingerprint density at radius 1 is 1.17 bits per heavy atom. The van der Waals surface area contributed by atoms with Gasteiger partial charge in [0.05, 0.1) is 23.3 Å². The van der Waals surface area contributed by atoms with Gasteiger partial charge < -0.3 is 5.11 Å². The maximum absolute atomic E-state index is 13.0. The van der Waals surface area contributed by atoms with E-state index in [9.17, 15) is 17.9 Å². The molecule has 8 heteroatoms. The Balaban J connectivity index is 1.96. The van der Waals surface area contributed by atoms with Gasteiger partial charge >= 0.3 is 0 Å². The minimum absolute atomic E-state index is 0.00447.